The van der Waals surface area contributed by atoms with Gasteiger partial charge in [-0.25, -0.2) is 0 Å². The largest absolute Gasteiger partial charge is 0.271 e. The first-order valence-corrected chi connectivity index (χ1v) is 6.72. The molecule has 90 valence electrons. The van der Waals surface area contributed by atoms with Gasteiger partial charge in [-0.1, -0.05) is 54.2 Å². The van der Waals surface area contributed by atoms with Crippen LogP contribution in [0.2, 0.25) is 5.02 Å². The van der Waals surface area contributed by atoms with Crippen molar-refractivity contribution in [1.29, 1.82) is 0 Å². The lowest BCUT2D eigenvalue weighted by Gasteiger charge is -2.26. The normalized spacial score (nSPS) is 13.1. The van der Waals surface area contributed by atoms with Crippen molar-refractivity contribution in [1.82, 2.24) is 5.43 Å². The van der Waals surface area contributed by atoms with E-state index in [9.17, 15) is 0 Å². The Hall–Kier alpha value is -0.0900. The zero-order valence-corrected chi connectivity index (χ0v) is 12.0. The van der Waals surface area contributed by atoms with E-state index in [0.29, 0.717) is 5.92 Å². The van der Waals surface area contributed by atoms with Gasteiger partial charge in [0, 0.05) is 9.50 Å². The zero-order valence-electron chi connectivity index (χ0n) is 9.63. The smallest absolute Gasteiger partial charge is 0.0503 e. The maximum atomic E-state index is 6.21. The summed E-state index contributed by atoms with van der Waals surface area (Å²) < 4.78 is 1.03. The van der Waals surface area contributed by atoms with Crippen LogP contribution in [0.4, 0.5) is 0 Å². The topological polar surface area (TPSA) is 38.0 Å². The molecule has 4 heteroatoms. The summed E-state index contributed by atoms with van der Waals surface area (Å²) in [6.45, 7) is 4.34. The van der Waals surface area contributed by atoms with Crippen molar-refractivity contribution in [3.8, 4) is 0 Å². The molecule has 0 aromatic heterocycles. The Bertz CT molecular complexity index is 340. The maximum absolute atomic E-state index is 6.21. The predicted molar refractivity (Wildman–Crippen MR) is 73.3 cm³/mol. The van der Waals surface area contributed by atoms with E-state index in [1.54, 1.807) is 0 Å². The summed E-state index contributed by atoms with van der Waals surface area (Å²) in [5.74, 6) is 6.15. The Kier molecular flexibility index (Phi) is 5.76. The molecule has 0 amide bonds. The summed E-state index contributed by atoms with van der Waals surface area (Å²) in [5, 5.41) is 0.762. The molecule has 1 atom stereocenters. The van der Waals surface area contributed by atoms with Gasteiger partial charge in [0.05, 0.1) is 6.04 Å². The number of nitrogens with one attached hydrogen (secondary N) is 1. The number of rotatable bonds is 5. The number of hydrazine groups is 1. The first kappa shape index (κ1) is 14.0. The van der Waals surface area contributed by atoms with Crippen LogP contribution in [0.5, 0.6) is 0 Å². The van der Waals surface area contributed by atoms with Crippen LogP contribution in [0.1, 0.15) is 38.3 Å². The second-order valence-corrected chi connectivity index (χ2v) is 5.21. The molecule has 1 aromatic carbocycles. The average Bonchev–Trinajstić information content (AvgIpc) is 2.29. The molecule has 0 aliphatic heterocycles. The SMILES string of the molecule is CCC(CC)C(NN)c1cc(Br)ccc1Cl. The van der Waals surface area contributed by atoms with Crippen LogP contribution in [-0.4, -0.2) is 0 Å². The molecule has 0 aliphatic rings. The molecule has 0 saturated heterocycles. The number of hydrogen-bond acceptors (Lipinski definition) is 2. The maximum Gasteiger partial charge on any atom is 0.0503 e. The minimum Gasteiger partial charge on any atom is -0.271 e. The van der Waals surface area contributed by atoms with Crippen molar-refractivity contribution in [3.05, 3.63) is 33.3 Å². The van der Waals surface area contributed by atoms with Crippen molar-refractivity contribution in [2.45, 2.75) is 32.7 Å². The van der Waals surface area contributed by atoms with E-state index in [2.05, 4.69) is 35.2 Å². The summed E-state index contributed by atoms with van der Waals surface area (Å²) in [6.07, 6.45) is 2.16. The zero-order chi connectivity index (χ0) is 12.1. The van der Waals surface area contributed by atoms with Gasteiger partial charge in [0.25, 0.3) is 0 Å². The molecule has 1 aromatic rings. The number of benzene rings is 1. The Morgan fingerprint density at radius 2 is 2.00 bits per heavy atom. The fraction of sp³-hybridized carbons (Fsp3) is 0.500. The molecule has 0 fully saturated rings. The third kappa shape index (κ3) is 3.20. The van der Waals surface area contributed by atoms with E-state index >= 15 is 0 Å². The Morgan fingerprint density at radius 1 is 1.38 bits per heavy atom. The van der Waals surface area contributed by atoms with Crippen molar-refractivity contribution in [2.24, 2.45) is 11.8 Å². The van der Waals surface area contributed by atoms with Crippen LogP contribution in [0, 0.1) is 5.92 Å². The molecule has 0 spiro atoms. The quantitative estimate of drug-likeness (QED) is 0.636. The van der Waals surface area contributed by atoms with Gasteiger partial charge in [-0.3, -0.25) is 11.3 Å². The monoisotopic (exact) mass is 304 g/mol. The molecule has 16 heavy (non-hydrogen) atoms. The van der Waals surface area contributed by atoms with E-state index in [0.717, 1.165) is 27.9 Å². The highest BCUT2D eigenvalue weighted by Gasteiger charge is 2.21. The molecule has 0 aliphatic carbocycles. The molecule has 0 bridgehead atoms. The molecule has 1 unspecified atom stereocenters. The Morgan fingerprint density at radius 3 is 2.50 bits per heavy atom. The molecule has 1 rings (SSSR count). The third-order valence-corrected chi connectivity index (χ3v) is 3.83. The van der Waals surface area contributed by atoms with E-state index in [1.165, 1.54) is 0 Å². The van der Waals surface area contributed by atoms with Gasteiger partial charge in [0.2, 0.25) is 0 Å². The van der Waals surface area contributed by atoms with Gasteiger partial charge < -0.3 is 0 Å². The van der Waals surface area contributed by atoms with E-state index in [1.807, 2.05) is 18.2 Å². The fourth-order valence-corrected chi connectivity index (χ4v) is 2.61. The first-order valence-electron chi connectivity index (χ1n) is 5.55. The van der Waals surface area contributed by atoms with Crippen molar-refractivity contribution < 1.29 is 0 Å². The molecule has 0 radical (unpaired) electrons. The number of hydrogen-bond donors (Lipinski definition) is 2. The molecular formula is C12H18BrClN2. The van der Waals surface area contributed by atoms with Gasteiger partial charge in [-0.05, 0) is 29.7 Å². The lowest BCUT2D eigenvalue weighted by molar-refractivity contribution is 0.345. The van der Waals surface area contributed by atoms with Gasteiger partial charge >= 0.3 is 0 Å². The fourth-order valence-electron chi connectivity index (χ4n) is 1.99. The molecule has 3 N–H and O–H groups in total. The summed E-state index contributed by atoms with van der Waals surface area (Å²) in [5.41, 5.74) is 3.95. The van der Waals surface area contributed by atoms with Gasteiger partial charge in [0.15, 0.2) is 0 Å². The lowest BCUT2D eigenvalue weighted by Crippen LogP contribution is -2.33. The average molecular weight is 306 g/mol. The highest BCUT2D eigenvalue weighted by atomic mass is 79.9. The van der Waals surface area contributed by atoms with Gasteiger partial charge in [-0.2, -0.15) is 0 Å². The minimum absolute atomic E-state index is 0.111. The second-order valence-electron chi connectivity index (χ2n) is 3.89. The van der Waals surface area contributed by atoms with Crippen molar-refractivity contribution >= 4 is 27.5 Å². The summed E-state index contributed by atoms with van der Waals surface area (Å²) in [4.78, 5) is 0. The Balaban J connectivity index is 3.06. The van der Waals surface area contributed by atoms with Crippen LogP contribution in [0.3, 0.4) is 0 Å². The first-order chi connectivity index (χ1) is 7.63. The van der Waals surface area contributed by atoms with Crippen molar-refractivity contribution in [2.75, 3.05) is 0 Å². The van der Waals surface area contributed by atoms with E-state index in [4.69, 9.17) is 17.4 Å². The standard InChI is InChI=1S/C12H18BrClN2/c1-3-8(4-2)12(16-15)10-7-9(13)5-6-11(10)14/h5-8,12,16H,3-4,15H2,1-2H3. The van der Waals surface area contributed by atoms with Crippen LogP contribution in [0.25, 0.3) is 0 Å². The number of halogens is 2. The molecule has 0 saturated carbocycles. The van der Waals surface area contributed by atoms with Crippen molar-refractivity contribution in [3.63, 3.8) is 0 Å². The lowest BCUT2D eigenvalue weighted by atomic mass is 9.89. The third-order valence-electron chi connectivity index (χ3n) is 2.99. The summed E-state index contributed by atoms with van der Waals surface area (Å²) >= 11 is 9.67. The van der Waals surface area contributed by atoms with Crippen LogP contribution < -0.4 is 11.3 Å². The van der Waals surface area contributed by atoms with E-state index < -0.39 is 0 Å². The minimum atomic E-state index is 0.111. The second kappa shape index (κ2) is 6.60. The predicted octanol–water partition coefficient (Wildman–Crippen LogP) is 4.04. The molecule has 0 heterocycles. The highest BCUT2D eigenvalue weighted by Crippen LogP contribution is 2.33. The Labute approximate surface area is 111 Å². The van der Waals surface area contributed by atoms with Crippen LogP contribution in [0.15, 0.2) is 22.7 Å². The summed E-state index contributed by atoms with van der Waals surface area (Å²) in [6, 6.07) is 5.98. The van der Waals surface area contributed by atoms with Crippen LogP contribution in [-0.2, 0) is 0 Å². The van der Waals surface area contributed by atoms with Gasteiger partial charge in [-0.15, -0.1) is 0 Å². The van der Waals surface area contributed by atoms with Crippen LogP contribution >= 0.6 is 27.5 Å². The highest BCUT2D eigenvalue weighted by molar-refractivity contribution is 9.10. The molecular weight excluding hydrogens is 288 g/mol. The molecule has 2 nitrogen and oxygen atoms in total. The number of nitrogens with two attached hydrogens (primary N) is 1. The van der Waals surface area contributed by atoms with Gasteiger partial charge in [0.1, 0.15) is 0 Å². The van der Waals surface area contributed by atoms with E-state index in [-0.39, 0.29) is 6.04 Å². The summed E-state index contributed by atoms with van der Waals surface area (Å²) in [7, 11) is 0.